The molecule has 1 rings (SSSR count). The summed E-state index contributed by atoms with van der Waals surface area (Å²) in [6.45, 7) is 6.02. The summed E-state index contributed by atoms with van der Waals surface area (Å²) in [7, 11) is 0. The van der Waals surface area contributed by atoms with Crippen LogP contribution in [-0.4, -0.2) is 15.4 Å². The van der Waals surface area contributed by atoms with Gasteiger partial charge in [-0.05, 0) is 39.2 Å². The molecule has 0 aliphatic rings. The molecule has 94 valence electrons. The lowest BCUT2D eigenvalue weighted by molar-refractivity contribution is -0.121. The fourth-order valence-electron chi connectivity index (χ4n) is 1.52. The molecule has 0 aliphatic carbocycles. The zero-order chi connectivity index (χ0) is 12.9. The molecular weight excluding hydrogens is 325 g/mol. The Morgan fingerprint density at radius 3 is 2.41 bits per heavy atom. The molecule has 1 unspecified atom stereocenters. The maximum Gasteiger partial charge on any atom is 0.233 e. The van der Waals surface area contributed by atoms with Crippen LogP contribution in [0.4, 0.5) is 0 Å². The van der Waals surface area contributed by atoms with Crippen LogP contribution >= 0.6 is 22.6 Å². The predicted molar refractivity (Wildman–Crippen MR) is 80.5 cm³/mol. The molecule has 1 aromatic carbocycles. The summed E-state index contributed by atoms with van der Waals surface area (Å²) in [6.07, 6.45) is 1.83. The highest BCUT2D eigenvalue weighted by Gasteiger charge is 2.19. The quantitative estimate of drug-likeness (QED) is 0.658. The van der Waals surface area contributed by atoms with Crippen molar-refractivity contribution in [1.82, 2.24) is 5.32 Å². The van der Waals surface area contributed by atoms with Crippen molar-refractivity contribution in [2.45, 2.75) is 43.1 Å². The molecule has 1 N–H and O–H groups in total. The summed E-state index contributed by atoms with van der Waals surface area (Å²) in [6, 6.07) is 10.3. The Bertz CT molecular complexity index is 356. The van der Waals surface area contributed by atoms with Gasteiger partial charge >= 0.3 is 0 Å². The summed E-state index contributed by atoms with van der Waals surface area (Å²) >= 11 is 2.22. The number of carbonyl (C=O) groups is 1. The molecule has 0 bridgehead atoms. The van der Waals surface area contributed by atoms with Gasteiger partial charge in [-0.15, -0.1) is 0 Å². The van der Waals surface area contributed by atoms with Gasteiger partial charge in [0.2, 0.25) is 5.91 Å². The topological polar surface area (TPSA) is 29.1 Å². The monoisotopic (exact) mass is 345 g/mol. The van der Waals surface area contributed by atoms with Crippen molar-refractivity contribution in [3.05, 3.63) is 35.9 Å². The zero-order valence-electron chi connectivity index (χ0n) is 10.7. The predicted octanol–water partition coefficient (Wildman–Crippen LogP) is 3.34. The van der Waals surface area contributed by atoms with Crippen LogP contribution < -0.4 is 5.32 Å². The van der Waals surface area contributed by atoms with Crippen LogP contribution in [-0.2, 0) is 11.2 Å². The van der Waals surface area contributed by atoms with Gasteiger partial charge in [-0.25, -0.2) is 0 Å². The van der Waals surface area contributed by atoms with E-state index in [1.54, 1.807) is 0 Å². The molecule has 0 spiro atoms. The number of alkyl halides is 1. The summed E-state index contributed by atoms with van der Waals surface area (Å²) < 4.78 is 0.0343. The first-order chi connectivity index (χ1) is 7.88. The largest absolute Gasteiger partial charge is 0.351 e. The van der Waals surface area contributed by atoms with Crippen molar-refractivity contribution in [2.24, 2.45) is 0 Å². The van der Waals surface area contributed by atoms with E-state index in [2.05, 4.69) is 40.0 Å². The Kier molecular flexibility index (Phi) is 5.43. The van der Waals surface area contributed by atoms with Crippen LogP contribution in [0.2, 0.25) is 0 Å². The molecule has 2 nitrogen and oxygen atoms in total. The van der Waals surface area contributed by atoms with Gasteiger partial charge in [-0.1, -0.05) is 52.9 Å². The Balaban J connectivity index is 2.40. The number of hydrogen-bond acceptors (Lipinski definition) is 1. The van der Waals surface area contributed by atoms with Gasteiger partial charge in [0.05, 0.1) is 3.92 Å². The van der Waals surface area contributed by atoms with E-state index in [0.29, 0.717) is 0 Å². The second kappa shape index (κ2) is 6.38. The second-order valence-electron chi connectivity index (χ2n) is 5.23. The van der Waals surface area contributed by atoms with E-state index < -0.39 is 0 Å². The van der Waals surface area contributed by atoms with E-state index in [9.17, 15) is 4.79 Å². The average molecular weight is 345 g/mol. The van der Waals surface area contributed by atoms with Crippen molar-refractivity contribution in [3.8, 4) is 0 Å². The first-order valence-corrected chi connectivity index (χ1v) is 7.13. The van der Waals surface area contributed by atoms with Gasteiger partial charge in [-0.3, -0.25) is 4.79 Å². The van der Waals surface area contributed by atoms with Crippen molar-refractivity contribution in [3.63, 3.8) is 0 Å². The minimum Gasteiger partial charge on any atom is -0.351 e. The minimum atomic E-state index is -0.146. The average Bonchev–Trinajstić information content (AvgIpc) is 2.25. The second-order valence-corrected chi connectivity index (χ2v) is 6.73. The van der Waals surface area contributed by atoms with E-state index in [-0.39, 0.29) is 15.4 Å². The SMILES string of the molecule is CC(C)(C)NC(=O)C(I)CCc1ccccc1. The smallest absolute Gasteiger partial charge is 0.233 e. The number of hydrogen-bond donors (Lipinski definition) is 1. The molecule has 1 atom stereocenters. The summed E-state index contributed by atoms with van der Waals surface area (Å²) in [5, 5.41) is 3.01. The Labute approximate surface area is 117 Å². The van der Waals surface area contributed by atoms with Crippen molar-refractivity contribution in [1.29, 1.82) is 0 Å². The lowest BCUT2D eigenvalue weighted by Gasteiger charge is -2.22. The van der Waals surface area contributed by atoms with Crippen LogP contribution in [0, 0.1) is 0 Å². The van der Waals surface area contributed by atoms with Crippen molar-refractivity contribution >= 4 is 28.5 Å². The van der Waals surface area contributed by atoms with Gasteiger partial charge < -0.3 is 5.32 Å². The number of rotatable bonds is 4. The van der Waals surface area contributed by atoms with Crippen LogP contribution in [0.1, 0.15) is 32.8 Å². The molecule has 1 amide bonds. The summed E-state index contributed by atoms with van der Waals surface area (Å²) in [5.74, 6) is 0.133. The molecule has 0 fully saturated rings. The summed E-state index contributed by atoms with van der Waals surface area (Å²) in [4.78, 5) is 11.9. The molecule has 0 radical (unpaired) electrons. The van der Waals surface area contributed by atoms with Crippen LogP contribution in [0.3, 0.4) is 0 Å². The van der Waals surface area contributed by atoms with Gasteiger partial charge in [0, 0.05) is 5.54 Å². The maximum absolute atomic E-state index is 11.9. The van der Waals surface area contributed by atoms with E-state index in [1.807, 2.05) is 39.0 Å². The third kappa shape index (κ3) is 6.05. The van der Waals surface area contributed by atoms with E-state index in [1.165, 1.54) is 5.56 Å². The molecule has 0 saturated carbocycles. The third-order valence-corrected chi connectivity index (χ3v) is 3.50. The van der Waals surface area contributed by atoms with Gasteiger partial charge in [0.25, 0.3) is 0 Å². The minimum absolute atomic E-state index is 0.0343. The van der Waals surface area contributed by atoms with Crippen molar-refractivity contribution in [2.75, 3.05) is 0 Å². The fourth-order valence-corrected chi connectivity index (χ4v) is 1.98. The van der Waals surface area contributed by atoms with Gasteiger partial charge in [0.1, 0.15) is 0 Å². The molecule has 0 heterocycles. The molecule has 17 heavy (non-hydrogen) atoms. The zero-order valence-corrected chi connectivity index (χ0v) is 12.8. The molecular formula is C14H20INO. The Morgan fingerprint density at radius 1 is 1.29 bits per heavy atom. The number of nitrogens with one attached hydrogen (secondary N) is 1. The lowest BCUT2D eigenvalue weighted by Crippen LogP contribution is -2.44. The van der Waals surface area contributed by atoms with Gasteiger partial charge in [-0.2, -0.15) is 0 Å². The fraction of sp³-hybridized carbons (Fsp3) is 0.500. The molecule has 0 aromatic heterocycles. The van der Waals surface area contributed by atoms with Gasteiger partial charge in [0.15, 0.2) is 0 Å². The summed E-state index contributed by atoms with van der Waals surface area (Å²) in [5.41, 5.74) is 1.14. The molecule has 0 saturated heterocycles. The highest BCUT2D eigenvalue weighted by Crippen LogP contribution is 2.13. The van der Waals surface area contributed by atoms with Crippen LogP contribution in [0.5, 0.6) is 0 Å². The molecule has 0 aliphatic heterocycles. The first kappa shape index (κ1) is 14.5. The number of aryl methyl sites for hydroxylation is 1. The highest BCUT2D eigenvalue weighted by atomic mass is 127. The lowest BCUT2D eigenvalue weighted by atomic mass is 10.1. The first-order valence-electron chi connectivity index (χ1n) is 5.88. The van der Waals surface area contributed by atoms with Crippen molar-refractivity contribution < 1.29 is 4.79 Å². The number of benzene rings is 1. The Morgan fingerprint density at radius 2 is 1.88 bits per heavy atom. The standard InChI is InChI=1S/C14H20INO/c1-14(2,3)16-13(17)12(15)10-9-11-7-5-4-6-8-11/h4-8,12H,9-10H2,1-3H3,(H,16,17). The Hall–Kier alpha value is -0.580. The normalized spacial score (nSPS) is 13.2. The maximum atomic E-state index is 11.9. The van der Waals surface area contributed by atoms with E-state index in [4.69, 9.17) is 0 Å². The molecule has 1 aromatic rings. The van der Waals surface area contributed by atoms with Crippen LogP contribution in [0.15, 0.2) is 30.3 Å². The highest BCUT2D eigenvalue weighted by molar-refractivity contribution is 14.1. The third-order valence-electron chi connectivity index (χ3n) is 2.31. The number of carbonyl (C=O) groups excluding carboxylic acids is 1. The number of halogens is 1. The molecule has 3 heteroatoms. The van der Waals surface area contributed by atoms with E-state index in [0.717, 1.165) is 12.8 Å². The van der Waals surface area contributed by atoms with Crippen LogP contribution in [0.25, 0.3) is 0 Å². The van der Waals surface area contributed by atoms with E-state index >= 15 is 0 Å². The number of amides is 1.